The van der Waals surface area contributed by atoms with Crippen molar-refractivity contribution in [3.8, 4) is 0 Å². The van der Waals surface area contributed by atoms with E-state index < -0.39 is 0 Å². The van der Waals surface area contributed by atoms with Crippen molar-refractivity contribution < 1.29 is 4.79 Å². The van der Waals surface area contributed by atoms with E-state index in [0.717, 1.165) is 18.9 Å². The van der Waals surface area contributed by atoms with Gasteiger partial charge in [-0.2, -0.15) is 0 Å². The Bertz CT molecular complexity index is 242. The number of carbonyl (C=O) groups excluding carboxylic acids is 1. The van der Waals surface area contributed by atoms with Crippen molar-refractivity contribution in [2.75, 3.05) is 6.54 Å². The monoisotopic (exact) mass is 210 g/mol. The molecule has 2 aliphatic rings. The van der Waals surface area contributed by atoms with Gasteiger partial charge in [0.25, 0.3) is 0 Å². The summed E-state index contributed by atoms with van der Waals surface area (Å²) in [7, 11) is 0. The largest absolute Gasteiger partial charge is 0.338 e. The van der Waals surface area contributed by atoms with Gasteiger partial charge in [0.05, 0.1) is 6.04 Å². The molecule has 0 aromatic rings. The van der Waals surface area contributed by atoms with Crippen LogP contribution in [0.15, 0.2) is 0 Å². The van der Waals surface area contributed by atoms with Gasteiger partial charge >= 0.3 is 0 Å². The summed E-state index contributed by atoms with van der Waals surface area (Å²) in [6, 6.07) is 0.275. The number of nitrogens with two attached hydrogens (primary N) is 1. The average molecular weight is 210 g/mol. The summed E-state index contributed by atoms with van der Waals surface area (Å²) < 4.78 is 0. The SMILES string of the molecule is CCC1CCCC(N2CCC(N)C2=O)C1. The van der Waals surface area contributed by atoms with E-state index in [9.17, 15) is 4.79 Å². The molecule has 3 atom stereocenters. The molecule has 86 valence electrons. The van der Waals surface area contributed by atoms with Crippen LogP contribution in [0.3, 0.4) is 0 Å². The van der Waals surface area contributed by atoms with E-state index in [1.165, 1.54) is 32.1 Å². The quantitative estimate of drug-likeness (QED) is 0.751. The van der Waals surface area contributed by atoms with Gasteiger partial charge in [-0.25, -0.2) is 0 Å². The second-order valence-electron chi connectivity index (χ2n) is 5.02. The molecule has 1 aliphatic heterocycles. The highest BCUT2D eigenvalue weighted by atomic mass is 16.2. The van der Waals surface area contributed by atoms with Gasteiger partial charge in [-0.3, -0.25) is 4.79 Å². The maximum atomic E-state index is 11.8. The summed E-state index contributed by atoms with van der Waals surface area (Å²) in [4.78, 5) is 13.8. The Morgan fingerprint density at radius 1 is 1.40 bits per heavy atom. The third-order valence-corrected chi connectivity index (χ3v) is 4.05. The molecule has 0 radical (unpaired) electrons. The molecule has 1 aliphatic carbocycles. The molecule has 2 rings (SSSR count). The minimum atomic E-state index is -0.216. The van der Waals surface area contributed by atoms with Crippen LogP contribution in [0.2, 0.25) is 0 Å². The van der Waals surface area contributed by atoms with Crippen LogP contribution in [0.25, 0.3) is 0 Å². The van der Waals surface area contributed by atoms with Crippen LogP contribution >= 0.6 is 0 Å². The number of hydrogen-bond donors (Lipinski definition) is 1. The van der Waals surface area contributed by atoms with Crippen LogP contribution in [-0.4, -0.2) is 29.4 Å². The Morgan fingerprint density at radius 3 is 2.80 bits per heavy atom. The smallest absolute Gasteiger partial charge is 0.239 e. The number of likely N-dealkylation sites (tertiary alicyclic amines) is 1. The Morgan fingerprint density at radius 2 is 2.20 bits per heavy atom. The number of nitrogens with zero attached hydrogens (tertiary/aromatic N) is 1. The molecule has 1 amide bonds. The lowest BCUT2D eigenvalue weighted by molar-refractivity contribution is -0.131. The van der Waals surface area contributed by atoms with E-state index in [2.05, 4.69) is 6.92 Å². The van der Waals surface area contributed by atoms with Crippen molar-refractivity contribution in [3.63, 3.8) is 0 Å². The fraction of sp³-hybridized carbons (Fsp3) is 0.917. The number of hydrogen-bond acceptors (Lipinski definition) is 2. The molecule has 1 saturated carbocycles. The second kappa shape index (κ2) is 4.52. The minimum absolute atomic E-state index is 0.191. The van der Waals surface area contributed by atoms with Crippen molar-refractivity contribution in [1.82, 2.24) is 4.90 Å². The van der Waals surface area contributed by atoms with E-state index in [1.54, 1.807) is 0 Å². The lowest BCUT2D eigenvalue weighted by Crippen LogP contribution is -2.43. The van der Waals surface area contributed by atoms with E-state index in [4.69, 9.17) is 5.73 Å². The summed E-state index contributed by atoms with van der Waals surface area (Å²) in [6.07, 6.45) is 7.13. The molecule has 0 spiro atoms. The molecule has 3 nitrogen and oxygen atoms in total. The molecular formula is C12H22N2O. The van der Waals surface area contributed by atoms with E-state index in [-0.39, 0.29) is 11.9 Å². The number of rotatable bonds is 2. The highest BCUT2D eigenvalue weighted by molar-refractivity contribution is 5.84. The topological polar surface area (TPSA) is 46.3 Å². The zero-order chi connectivity index (χ0) is 10.8. The first-order valence-electron chi connectivity index (χ1n) is 6.28. The molecule has 0 bridgehead atoms. The molecule has 0 aromatic carbocycles. The number of carbonyl (C=O) groups is 1. The Hall–Kier alpha value is -0.570. The molecule has 0 aromatic heterocycles. The summed E-state index contributed by atoms with van der Waals surface area (Å²) in [6.45, 7) is 3.14. The average Bonchev–Trinajstić information content (AvgIpc) is 2.60. The first-order chi connectivity index (χ1) is 7.22. The van der Waals surface area contributed by atoms with Crippen LogP contribution in [-0.2, 0) is 4.79 Å². The van der Waals surface area contributed by atoms with Crippen molar-refractivity contribution in [3.05, 3.63) is 0 Å². The van der Waals surface area contributed by atoms with Gasteiger partial charge in [-0.1, -0.05) is 26.2 Å². The lowest BCUT2D eigenvalue weighted by atomic mass is 9.83. The van der Waals surface area contributed by atoms with Crippen LogP contribution in [0.4, 0.5) is 0 Å². The molecule has 1 heterocycles. The fourth-order valence-electron chi connectivity index (χ4n) is 3.00. The van der Waals surface area contributed by atoms with Gasteiger partial charge < -0.3 is 10.6 Å². The molecular weight excluding hydrogens is 188 g/mol. The summed E-state index contributed by atoms with van der Waals surface area (Å²) in [5.74, 6) is 1.02. The van der Waals surface area contributed by atoms with Crippen molar-refractivity contribution in [2.45, 2.75) is 57.5 Å². The summed E-state index contributed by atoms with van der Waals surface area (Å²) >= 11 is 0. The fourth-order valence-corrected chi connectivity index (χ4v) is 3.00. The molecule has 15 heavy (non-hydrogen) atoms. The highest BCUT2D eigenvalue weighted by Gasteiger charge is 2.35. The van der Waals surface area contributed by atoms with Crippen molar-refractivity contribution in [2.24, 2.45) is 11.7 Å². The molecule has 3 unspecified atom stereocenters. The zero-order valence-corrected chi connectivity index (χ0v) is 9.61. The van der Waals surface area contributed by atoms with Crippen LogP contribution in [0.1, 0.15) is 45.4 Å². The van der Waals surface area contributed by atoms with Gasteiger partial charge in [0.2, 0.25) is 5.91 Å². The molecule has 2 fully saturated rings. The third-order valence-electron chi connectivity index (χ3n) is 4.05. The maximum Gasteiger partial charge on any atom is 0.239 e. The minimum Gasteiger partial charge on any atom is -0.338 e. The van der Waals surface area contributed by atoms with Crippen molar-refractivity contribution >= 4 is 5.91 Å². The Kier molecular flexibility index (Phi) is 3.29. The standard InChI is InChI=1S/C12H22N2O/c1-2-9-4-3-5-10(8-9)14-7-6-11(13)12(14)15/h9-11H,2-8,13H2,1H3. The van der Waals surface area contributed by atoms with Gasteiger partial charge in [0.1, 0.15) is 0 Å². The van der Waals surface area contributed by atoms with E-state index >= 15 is 0 Å². The van der Waals surface area contributed by atoms with E-state index in [0.29, 0.717) is 6.04 Å². The first-order valence-corrected chi connectivity index (χ1v) is 6.28. The third kappa shape index (κ3) is 2.17. The van der Waals surface area contributed by atoms with Crippen molar-refractivity contribution in [1.29, 1.82) is 0 Å². The van der Waals surface area contributed by atoms with Crippen LogP contribution < -0.4 is 5.73 Å². The predicted octanol–water partition coefficient (Wildman–Crippen LogP) is 1.51. The molecule has 2 N–H and O–H groups in total. The highest BCUT2D eigenvalue weighted by Crippen LogP contribution is 2.31. The van der Waals surface area contributed by atoms with Gasteiger partial charge in [-0.15, -0.1) is 0 Å². The van der Waals surface area contributed by atoms with Crippen LogP contribution in [0.5, 0.6) is 0 Å². The Balaban J connectivity index is 1.95. The van der Waals surface area contributed by atoms with Gasteiger partial charge in [0, 0.05) is 12.6 Å². The van der Waals surface area contributed by atoms with Crippen LogP contribution in [0, 0.1) is 5.92 Å². The summed E-state index contributed by atoms with van der Waals surface area (Å²) in [5.41, 5.74) is 5.75. The number of amides is 1. The molecule has 1 saturated heterocycles. The predicted molar refractivity (Wildman–Crippen MR) is 60.3 cm³/mol. The zero-order valence-electron chi connectivity index (χ0n) is 9.61. The van der Waals surface area contributed by atoms with Gasteiger partial charge in [-0.05, 0) is 25.2 Å². The summed E-state index contributed by atoms with van der Waals surface area (Å²) in [5, 5.41) is 0. The Labute approximate surface area is 92.0 Å². The lowest BCUT2D eigenvalue weighted by Gasteiger charge is -2.35. The first kappa shape index (κ1) is 10.9. The second-order valence-corrected chi connectivity index (χ2v) is 5.02. The van der Waals surface area contributed by atoms with E-state index in [1.807, 2.05) is 4.90 Å². The molecule has 3 heteroatoms. The van der Waals surface area contributed by atoms with Gasteiger partial charge in [0.15, 0.2) is 0 Å². The maximum absolute atomic E-state index is 11.8. The normalized spacial score (nSPS) is 37.3.